The van der Waals surface area contributed by atoms with Crippen LogP contribution in [0.5, 0.6) is 5.75 Å². The van der Waals surface area contributed by atoms with Crippen LogP contribution in [0, 0.1) is 5.41 Å². The number of ether oxygens (including phenoxy) is 1. The minimum atomic E-state index is -0.152. The third-order valence-electron chi connectivity index (χ3n) is 6.04. The zero-order chi connectivity index (χ0) is 20.2. The summed E-state index contributed by atoms with van der Waals surface area (Å²) in [7, 11) is 1.66. The largest absolute Gasteiger partial charge is 0.497 e. The molecule has 0 spiro atoms. The van der Waals surface area contributed by atoms with Gasteiger partial charge in [0.2, 0.25) is 0 Å². The Morgan fingerprint density at radius 3 is 2.62 bits per heavy atom. The van der Waals surface area contributed by atoms with Gasteiger partial charge in [-0.2, -0.15) is 0 Å². The molecule has 0 saturated carbocycles. The summed E-state index contributed by atoms with van der Waals surface area (Å²) in [5, 5.41) is 4.75. The van der Waals surface area contributed by atoms with Crippen LogP contribution in [0.1, 0.15) is 43.9 Å². The van der Waals surface area contributed by atoms with Crippen molar-refractivity contribution < 1.29 is 9.53 Å². The molecule has 2 aromatic carbocycles. The van der Waals surface area contributed by atoms with E-state index in [2.05, 4.69) is 36.3 Å². The second-order valence-electron chi connectivity index (χ2n) is 8.74. The molecule has 1 N–H and O–H groups in total. The van der Waals surface area contributed by atoms with Gasteiger partial charge < -0.3 is 10.1 Å². The number of carbonyl (C=O) groups excluding carboxylic acids is 1. The maximum absolute atomic E-state index is 13.4. The summed E-state index contributed by atoms with van der Waals surface area (Å²) in [4.78, 5) is 17.9. The number of rotatable bonds is 2. The number of aromatic nitrogens is 1. The Hall–Kier alpha value is -3.14. The Balaban J connectivity index is 1.76. The first kappa shape index (κ1) is 17.9. The van der Waals surface area contributed by atoms with Gasteiger partial charge in [-0.1, -0.05) is 32.0 Å². The molecule has 2 aliphatic rings. The second kappa shape index (κ2) is 6.45. The van der Waals surface area contributed by atoms with Crippen LogP contribution in [-0.2, 0) is 4.79 Å². The highest BCUT2D eigenvalue weighted by molar-refractivity contribution is 6.12. The number of allylic oxidation sites excluding steroid dienone is 1. The van der Waals surface area contributed by atoms with Gasteiger partial charge in [0.05, 0.1) is 18.7 Å². The highest BCUT2D eigenvalue weighted by Crippen LogP contribution is 2.51. The van der Waals surface area contributed by atoms with Crippen LogP contribution in [0.25, 0.3) is 16.5 Å². The van der Waals surface area contributed by atoms with E-state index < -0.39 is 0 Å². The summed E-state index contributed by atoms with van der Waals surface area (Å²) < 4.78 is 5.31. The average molecular weight is 384 g/mol. The number of benzene rings is 2. The quantitative estimate of drug-likeness (QED) is 0.629. The second-order valence-corrected chi connectivity index (χ2v) is 8.74. The molecule has 1 aliphatic carbocycles. The molecule has 0 bridgehead atoms. The standard InChI is InChI=1S/C25H24N2O2/c1-25(2)13-18-22-17-5-4-12-26-19(17)10-11-20(22)27-24(23(18)21(28)14-25)15-6-8-16(29-3)9-7-15/h4-12,24,27H,13-14H2,1-3H3. The van der Waals surface area contributed by atoms with Gasteiger partial charge in [-0.25, -0.2) is 0 Å². The minimum absolute atomic E-state index is 0.0562. The summed E-state index contributed by atoms with van der Waals surface area (Å²) in [6.45, 7) is 4.37. The van der Waals surface area contributed by atoms with Gasteiger partial charge in [-0.3, -0.25) is 9.78 Å². The van der Waals surface area contributed by atoms with Crippen LogP contribution >= 0.6 is 0 Å². The van der Waals surface area contributed by atoms with E-state index in [0.29, 0.717) is 6.42 Å². The number of hydrogen-bond acceptors (Lipinski definition) is 4. The van der Waals surface area contributed by atoms with Crippen LogP contribution in [-0.4, -0.2) is 17.9 Å². The maximum atomic E-state index is 13.4. The summed E-state index contributed by atoms with van der Waals surface area (Å²) in [6.07, 6.45) is 3.26. The predicted octanol–water partition coefficient (Wildman–Crippen LogP) is 5.55. The van der Waals surface area contributed by atoms with E-state index in [9.17, 15) is 4.79 Å². The van der Waals surface area contributed by atoms with E-state index in [0.717, 1.165) is 45.5 Å². The van der Waals surface area contributed by atoms with E-state index in [-0.39, 0.29) is 17.2 Å². The van der Waals surface area contributed by atoms with Gasteiger partial charge in [0, 0.05) is 34.8 Å². The van der Waals surface area contributed by atoms with Gasteiger partial charge in [0.15, 0.2) is 5.78 Å². The number of methoxy groups -OCH3 is 1. The van der Waals surface area contributed by atoms with Crippen molar-refractivity contribution in [2.24, 2.45) is 5.41 Å². The van der Waals surface area contributed by atoms with Gasteiger partial charge in [-0.15, -0.1) is 0 Å². The molecule has 1 aliphatic heterocycles. The number of Topliss-reactive ketones (excluding diaryl/α,β-unsaturated/α-hetero) is 1. The number of pyridine rings is 1. The smallest absolute Gasteiger partial charge is 0.162 e. The molecule has 5 rings (SSSR count). The molecular weight excluding hydrogens is 360 g/mol. The molecule has 2 heterocycles. The molecule has 0 saturated heterocycles. The summed E-state index contributed by atoms with van der Waals surface area (Å²) in [5.41, 5.74) is 6.24. The lowest BCUT2D eigenvalue weighted by Gasteiger charge is -2.40. The highest BCUT2D eigenvalue weighted by Gasteiger charge is 2.40. The molecule has 1 aromatic heterocycles. The van der Waals surface area contributed by atoms with Crippen LogP contribution in [0.2, 0.25) is 0 Å². The molecule has 4 nitrogen and oxygen atoms in total. The maximum Gasteiger partial charge on any atom is 0.162 e. The van der Waals surface area contributed by atoms with E-state index in [1.54, 1.807) is 7.11 Å². The van der Waals surface area contributed by atoms with Crippen molar-refractivity contribution in [1.82, 2.24) is 4.98 Å². The fourth-order valence-electron chi connectivity index (χ4n) is 4.76. The van der Waals surface area contributed by atoms with Crippen molar-refractivity contribution in [1.29, 1.82) is 0 Å². The number of fused-ring (bicyclic) bond motifs is 4. The van der Waals surface area contributed by atoms with Crippen LogP contribution in [0.3, 0.4) is 0 Å². The first-order valence-corrected chi connectivity index (χ1v) is 10.0. The monoisotopic (exact) mass is 384 g/mol. The van der Waals surface area contributed by atoms with E-state index in [1.807, 2.05) is 42.6 Å². The zero-order valence-corrected chi connectivity index (χ0v) is 17.0. The SMILES string of the molecule is COc1ccc(C2Nc3ccc4ncccc4c3C3=C2C(=O)CC(C)(C)C3)cc1. The molecule has 0 amide bonds. The lowest BCUT2D eigenvalue weighted by Crippen LogP contribution is -2.33. The zero-order valence-electron chi connectivity index (χ0n) is 17.0. The van der Waals surface area contributed by atoms with Crippen molar-refractivity contribution in [3.8, 4) is 5.75 Å². The van der Waals surface area contributed by atoms with Crippen LogP contribution in [0.15, 0.2) is 60.3 Å². The van der Waals surface area contributed by atoms with Gasteiger partial charge >= 0.3 is 0 Å². The Bertz CT molecular complexity index is 1160. The number of nitrogens with zero attached hydrogens (tertiary/aromatic N) is 1. The van der Waals surface area contributed by atoms with Crippen molar-refractivity contribution >= 4 is 27.9 Å². The third kappa shape index (κ3) is 2.91. The Kier molecular flexibility index (Phi) is 3.98. The summed E-state index contributed by atoms with van der Waals surface area (Å²) in [5.74, 6) is 1.04. The van der Waals surface area contributed by atoms with Crippen LogP contribution in [0.4, 0.5) is 5.69 Å². The Labute approximate surface area is 170 Å². The minimum Gasteiger partial charge on any atom is -0.497 e. The first-order chi connectivity index (χ1) is 14.0. The molecule has 0 radical (unpaired) electrons. The fourth-order valence-corrected chi connectivity index (χ4v) is 4.76. The van der Waals surface area contributed by atoms with Gasteiger partial charge in [0.1, 0.15) is 5.75 Å². The molecule has 1 unspecified atom stereocenters. The van der Waals surface area contributed by atoms with Crippen molar-refractivity contribution in [3.05, 3.63) is 71.4 Å². The number of nitrogens with one attached hydrogen (secondary N) is 1. The van der Waals surface area contributed by atoms with Crippen molar-refractivity contribution in [3.63, 3.8) is 0 Å². The lowest BCUT2D eigenvalue weighted by atomic mass is 9.68. The highest BCUT2D eigenvalue weighted by atomic mass is 16.5. The lowest BCUT2D eigenvalue weighted by molar-refractivity contribution is -0.118. The summed E-state index contributed by atoms with van der Waals surface area (Å²) in [6, 6.07) is 16.1. The normalized spacial score (nSPS) is 20.1. The topological polar surface area (TPSA) is 51.2 Å². The number of hydrogen-bond donors (Lipinski definition) is 1. The molecule has 146 valence electrons. The van der Waals surface area contributed by atoms with Gasteiger partial charge in [-0.05, 0) is 53.3 Å². The van der Waals surface area contributed by atoms with E-state index in [4.69, 9.17) is 4.74 Å². The molecule has 0 fully saturated rings. The number of anilines is 1. The summed E-state index contributed by atoms with van der Waals surface area (Å²) >= 11 is 0. The van der Waals surface area contributed by atoms with E-state index in [1.165, 1.54) is 5.57 Å². The Morgan fingerprint density at radius 1 is 1.07 bits per heavy atom. The Morgan fingerprint density at radius 2 is 1.86 bits per heavy atom. The average Bonchev–Trinajstić information content (AvgIpc) is 2.72. The number of carbonyl (C=O) groups is 1. The van der Waals surface area contributed by atoms with Crippen molar-refractivity contribution in [2.75, 3.05) is 12.4 Å². The fraction of sp³-hybridized carbons (Fsp3) is 0.280. The molecule has 1 atom stereocenters. The molecular formula is C25H24N2O2. The molecule has 3 aromatic rings. The number of ketones is 1. The van der Waals surface area contributed by atoms with E-state index >= 15 is 0 Å². The van der Waals surface area contributed by atoms with Gasteiger partial charge in [0.25, 0.3) is 0 Å². The van der Waals surface area contributed by atoms with Crippen molar-refractivity contribution in [2.45, 2.75) is 32.7 Å². The van der Waals surface area contributed by atoms with Crippen LogP contribution < -0.4 is 10.1 Å². The molecule has 4 heteroatoms. The first-order valence-electron chi connectivity index (χ1n) is 10.0. The predicted molar refractivity (Wildman–Crippen MR) is 116 cm³/mol. The molecule has 29 heavy (non-hydrogen) atoms. The third-order valence-corrected chi connectivity index (χ3v) is 6.04.